The van der Waals surface area contributed by atoms with Crippen molar-refractivity contribution in [2.24, 2.45) is 0 Å². The van der Waals surface area contributed by atoms with Crippen LogP contribution in [0.4, 0.5) is 23.2 Å². The Kier molecular flexibility index (Phi) is 5.48. The Balaban J connectivity index is 1.58. The molecule has 0 spiro atoms. The van der Waals surface area contributed by atoms with E-state index in [-0.39, 0.29) is 11.7 Å². The van der Waals surface area contributed by atoms with Gasteiger partial charge in [-0.2, -0.15) is 13.2 Å². The SMILES string of the molecule is O=C(/C=C/c1ccc(F)cc1)N1CCN(c2cccc(C(F)(F)F)c2)CC1. The van der Waals surface area contributed by atoms with Gasteiger partial charge in [0.1, 0.15) is 5.82 Å². The Morgan fingerprint density at radius 2 is 1.63 bits per heavy atom. The minimum absolute atomic E-state index is 0.178. The molecule has 7 heteroatoms. The van der Waals surface area contributed by atoms with E-state index in [1.807, 2.05) is 4.90 Å². The van der Waals surface area contributed by atoms with E-state index in [1.165, 1.54) is 24.3 Å². The van der Waals surface area contributed by atoms with Crippen LogP contribution in [-0.4, -0.2) is 37.0 Å². The van der Waals surface area contributed by atoms with Crippen molar-refractivity contribution in [2.45, 2.75) is 6.18 Å². The van der Waals surface area contributed by atoms with Crippen molar-refractivity contribution in [3.05, 3.63) is 71.6 Å². The Bertz CT molecular complexity index is 823. The Morgan fingerprint density at radius 1 is 0.963 bits per heavy atom. The number of anilines is 1. The van der Waals surface area contributed by atoms with Crippen LogP contribution in [0.2, 0.25) is 0 Å². The van der Waals surface area contributed by atoms with Gasteiger partial charge in [-0.25, -0.2) is 4.39 Å². The smallest absolute Gasteiger partial charge is 0.368 e. The summed E-state index contributed by atoms with van der Waals surface area (Å²) in [6.07, 6.45) is -1.34. The highest BCUT2D eigenvalue weighted by molar-refractivity contribution is 5.92. The summed E-state index contributed by atoms with van der Waals surface area (Å²) in [5.74, 6) is -0.521. The highest BCUT2D eigenvalue weighted by Crippen LogP contribution is 2.31. The maximum atomic E-state index is 12.9. The van der Waals surface area contributed by atoms with Gasteiger partial charge in [-0.1, -0.05) is 18.2 Å². The molecule has 27 heavy (non-hydrogen) atoms. The van der Waals surface area contributed by atoms with Gasteiger partial charge in [-0.05, 0) is 42.0 Å². The standard InChI is InChI=1S/C20H18F4N2O/c21-17-7-4-15(5-8-17)6-9-19(27)26-12-10-25(11-13-26)18-3-1-2-16(14-18)20(22,23)24/h1-9,14H,10-13H2/b9-6+. The van der Waals surface area contributed by atoms with Gasteiger partial charge in [0.15, 0.2) is 0 Å². The monoisotopic (exact) mass is 378 g/mol. The second-order valence-electron chi connectivity index (χ2n) is 6.25. The highest BCUT2D eigenvalue weighted by Gasteiger charge is 2.31. The number of carbonyl (C=O) groups is 1. The zero-order chi connectivity index (χ0) is 19.4. The van der Waals surface area contributed by atoms with Crippen molar-refractivity contribution >= 4 is 17.7 Å². The molecule has 0 atom stereocenters. The van der Waals surface area contributed by atoms with Crippen LogP contribution in [0.3, 0.4) is 0 Å². The first-order valence-corrected chi connectivity index (χ1v) is 8.48. The molecule has 1 heterocycles. The summed E-state index contributed by atoms with van der Waals surface area (Å²) in [4.78, 5) is 15.7. The lowest BCUT2D eigenvalue weighted by Gasteiger charge is -2.35. The third kappa shape index (κ3) is 4.87. The summed E-state index contributed by atoms with van der Waals surface area (Å²) in [6.45, 7) is 1.75. The van der Waals surface area contributed by atoms with Crippen LogP contribution >= 0.6 is 0 Å². The van der Waals surface area contributed by atoms with Gasteiger partial charge in [0.2, 0.25) is 5.91 Å². The Morgan fingerprint density at radius 3 is 2.26 bits per heavy atom. The van der Waals surface area contributed by atoms with Crippen molar-refractivity contribution < 1.29 is 22.4 Å². The average Bonchev–Trinajstić information content (AvgIpc) is 2.67. The van der Waals surface area contributed by atoms with Crippen molar-refractivity contribution in [2.75, 3.05) is 31.1 Å². The van der Waals surface area contributed by atoms with Crippen LogP contribution in [0.1, 0.15) is 11.1 Å². The normalized spacial score (nSPS) is 15.4. The summed E-state index contributed by atoms with van der Waals surface area (Å²) >= 11 is 0. The van der Waals surface area contributed by atoms with Crippen LogP contribution in [0, 0.1) is 5.82 Å². The van der Waals surface area contributed by atoms with Crippen LogP contribution in [0.25, 0.3) is 6.08 Å². The summed E-state index contributed by atoms with van der Waals surface area (Å²) < 4.78 is 51.4. The number of piperazine rings is 1. The lowest BCUT2D eigenvalue weighted by atomic mass is 10.1. The first-order valence-electron chi connectivity index (χ1n) is 8.48. The molecule has 0 N–H and O–H groups in total. The predicted molar refractivity (Wildman–Crippen MR) is 95.7 cm³/mol. The van der Waals surface area contributed by atoms with Crippen molar-refractivity contribution in [1.29, 1.82) is 0 Å². The molecule has 1 fully saturated rings. The van der Waals surface area contributed by atoms with E-state index in [1.54, 1.807) is 29.2 Å². The van der Waals surface area contributed by atoms with Crippen LogP contribution in [-0.2, 0) is 11.0 Å². The molecule has 0 saturated carbocycles. The molecule has 0 aliphatic carbocycles. The summed E-state index contributed by atoms with van der Waals surface area (Å²) in [5, 5.41) is 0. The largest absolute Gasteiger partial charge is 0.416 e. The maximum Gasteiger partial charge on any atom is 0.416 e. The summed E-state index contributed by atoms with van der Waals surface area (Å²) in [7, 11) is 0. The van der Waals surface area contributed by atoms with E-state index < -0.39 is 11.7 Å². The fraction of sp³-hybridized carbons (Fsp3) is 0.250. The van der Waals surface area contributed by atoms with Gasteiger partial charge in [0.05, 0.1) is 5.56 Å². The zero-order valence-corrected chi connectivity index (χ0v) is 14.4. The number of rotatable bonds is 3. The molecule has 2 aromatic rings. The van der Waals surface area contributed by atoms with E-state index in [2.05, 4.69) is 0 Å². The molecule has 3 rings (SSSR count). The van der Waals surface area contributed by atoms with Gasteiger partial charge >= 0.3 is 6.18 Å². The number of carbonyl (C=O) groups excluding carboxylic acids is 1. The molecule has 142 valence electrons. The number of hydrogen-bond acceptors (Lipinski definition) is 2. The van der Waals surface area contributed by atoms with Gasteiger partial charge in [-0.3, -0.25) is 4.79 Å². The predicted octanol–water partition coefficient (Wildman–Crippen LogP) is 4.21. The van der Waals surface area contributed by atoms with Gasteiger partial charge in [0.25, 0.3) is 0 Å². The molecular weight excluding hydrogens is 360 g/mol. The average molecular weight is 378 g/mol. The molecule has 1 aliphatic rings. The molecule has 1 amide bonds. The van der Waals surface area contributed by atoms with E-state index in [4.69, 9.17) is 0 Å². The van der Waals surface area contributed by atoms with Crippen LogP contribution in [0.15, 0.2) is 54.6 Å². The van der Waals surface area contributed by atoms with Crippen molar-refractivity contribution in [3.8, 4) is 0 Å². The molecule has 2 aromatic carbocycles. The van der Waals surface area contributed by atoms with Crippen molar-refractivity contribution in [1.82, 2.24) is 4.90 Å². The quantitative estimate of drug-likeness (QED) is 0.590. The number of halogens is 4. The topological polar surface area (TPSA) is 23.6 Å². The molecule has 1 aliphatic heterocycles. The number of alkyl halides is 3. The summed E-state index contributed by atoms with van der Waals surface area (Å²) in [5.41, 5.74) is 0.534. The van der Waals surface area contributed by atoms with E-state index in [0.717, 1.165) is 12.1 Å². The third-order valence-corrected chi connectivity index (χ3v) is 4.42. The zero-order valence-electron chi connectivity index (χ0n) is 14.4. The maximum absolute atomic E-state index is 12.9. The van der Waals surface area contributed by atoms with Gasteiger partial charge in [-0.15, -0.1) is 0 Å². The Hall–Kier alpha value is -2.83. The van der Waals surface area contributed by atoms with E-state index in [9.17, 15) is 22.4 Å². The molecule has 1 saturated heterocycles. The van der Waals surface area contributed by atoms with E-state index >= 15 is 0 Å². The van der Waals surface area contributed by atoms with E-state index in [0.29, 0.717) is 37.4 Å². The molecule has 0 aromatic heterocycles. The van der Waals surface area contributed by atoms with Gasteiger partial charge in [0, 0.05) is 37.9 Å². The fourth-order valence-corrected chi connectivity index (χ4v) is 2.91. The molecule has 0 unspecified atom stereocenters. The number of benzene rings is 2. The van der Waals surface area contributed by atoms with Gasteiger partial charge < -0.3 is 9.80 Å². The minimum Gasteiger partial charge on any atom is -0.368 e. The van der Waals surface area contributed by atoms with Crippen molar-refractivity contribution in [3.63, 3.8) is 0 Å². The number of hydrogen-bond donors (Lipinski definition) is 0. The highest BCUT2D eigenvalue weighted by atomic mass is 19.4. The second kappa shape index (κ2) is 7.82. The molecule has 0 bridgehead atoms. The molecular formula is C20H18F4N2O. The third-order valence-electron chi connectivity index (χ3n) is 4.42. The number of amides is 1. The second-order valence-corrected chi connectivity index (χ2v) is 6.25. The fourth-order valence-electron chi connectivity index (χ4n) is 2.91. The summed E-state index contributed by atoms with van der Waals surface area (Å²) in [6, 6.07) is 11.0. The first kappa shape index (κ1) is 18.9. The minimum atomic E-state index is -4.38. The van der Waals surface area contributed by atoms with Crippen LogP contribution < -0.4 is 4.90 Å². The number of nitrogens with zero attached hydrogens (tertiary/aromatic N) is 2. The van der Waals surface area contributed by atoms with Crippen LogP contribution in [0.5, 0.6) is 0 Å². The molecule has 3 nitrogen and oxygen atoms in total. The lowest BCUT2D eigenvalue weighted by Crippen LogP contribution is -2.48. The first-order chi connectivity index (χ1) is 12.8. The molecule has 0 radical (unpaired) electrons. The lowest BCUT2D eigenvalue weighted by molar-refractivity contribution is -0.137. The Labute approximate surface area is 154 Å².